The lowest BCUT2D eigenvalue weighted by atomic mass is 10.1. The second-order valence-corrected chi connectivity index (χ2v) is 4.25. The van der Waals surface area contributed by atoms with E-state index in [1.807, 2.05) is 0 Å². The van der Waals surface area contributed by atoms with Crippen molar-refractivity contribution in [1.82, 2.24) is 10.2 Å². The molecule has 2 N–H and O–H groups in total. The van der Waals surface area contributed by atoms with Gasteiger partial charge >= 0.3 is 5.97 Å². The van der Waals surface area contributed by atoms with E-state index in [1.54, 1.807) is 38.1 Å². The van der Waals surface area contributed by atoms with Gasteiger partial charge in [-0.1, -0.05) is 6.08 Å². The molecule has 0 aliphatic carbocycles. The van der Waals surface area contributed by atoms with Crippen LogP contribution in [0, 0.1) is 0 Å². The van der Waals surface area contributed by atoms with Gasteiger partial charge in [0.15, 0.2) is 5.69 Å². The van der Waals surface area contributed by atoms with E-state index in [9.17, 15) is 9.59 Å². The number of H-pyrrole nitrogens is 1. The SMILES string of the molecule is CC=C(C)C(=O)Nc1ccc2[nH]nc(C(=O)OC)c2c1. The molecule has 2 aromatic rings. The number of rotatable bonds is 3. The fourth-order valence-electron chi connectivity index (χ4n) is 1.70. The molecule has 6 heteroatoms. The van der Waals surface area contributed by atoms with Gasteiger partial charge in [0, 0.05) is 16.6 Å². The largest absolute Gasteiger partial charge is 0.464 e. The molecule has 1 amide bonds. The van der Waals surface area contributed by atoms with Crippen molar-refractivity contribution in [2.45, 2.75) is 13.8 Å². The quantitative estimate of drug-likeness (QED) is 0.663. The number of nitrogens with one attached hydrogen (secondary N) is 2. The van der Waals surface area contributed by atoms with Crippen LogP contribution < -0.4 is 5.32 Å². The number of methoxy groups -OCH3 is 1. The zero-order valence-electron chi connectivity index (χ0n) is 11.5. The van der Waals surface area contributed by atoms with Crippen molar-refractivity contribution in [1.29, 1.82) is 0 Å². The Balaban J connectivity index is 2.37. The van der Waals surface area contributed by atoms with E-state index in [0.717, 1.165) is 0 Å². The first kappa shape index (κ1) is 13.8. The zero-order chi connectivity index (χ0) is 14.7. The van der Waals surface area contributed by atoms with Gasteiger partial charge in [0.2, 0.25) is 0 Å². The number of aromatic amines is 1. The molecule has 0 aliphatic rings. The van der Waals surface area contributed by atoms with Gasteiger partial charge in [-0.15, -0.1) is 0 Å². The summed E-state index contributed by atoms with van der Waals surface area (Å²) in [7, 11) is 1.30. The first-order chi connectivity index (χ1) is 9.56. The zero-order valence-corrected chi connectivity index (χ0v) is 11.5. The molecule has 0 bridgehead atoms. The van der Waals surface area contributed by atoms with Crippen LogP contribution in [0.25, 0.3) is 10.9 Å². The molecule has 0 fully saturated rings. The second-order valence-electron chi connectivity index (χ2n) is 4.25. The monoisotopic (exact) mass is 273 g/mol. The lowest BCUT2D eigenvalue weighted by molar-refractivity contribution is -0.112. The number of nitrogens with zero attached hydrogens (tertiary/aromatic N) is 1. The highest BCUT2D eigenvalue weighted by Gasteiger charge is 2.15. The standard InChI is InChI=1S/C14H15N3O3/c1-4-8(2)13(18)15-9-5-6-11-10(7-9)12(17-16-11)14(19)20-3/h4-7H,1-3H3,(H,15,18)(H,16,17). The first-order valence-electron chi connectivity index (χ1n) is 6.07. The third-order valence-corrected chi connectivity index (χ3v) is 2.99. The molecule has 0 radical (unpaired) electrons. The molecular formula is C14H15N3O3. The van der Waals surface area contributed by atoms with Crippen LogP contribution >= 0.6 is 0 Å². The molecule has 0 atom stereocenters. The number of esters is 1. The normalized spacial score (nSPS) is 11.4. The summed E-state index contributed by atoms with van der Waals surface area (Å²) in [5, 5.41) is 10.0. The summed E-state index contributed by atoms with van der Waals surface area (Å²) >= 11 is 0. The number of carbonyl (C=O) groups excluding carboxylic acids is 2. The van der Waals surface area contributed by atoms with Crippen LogP contribution in [0.3, 0.4) is 0 Å². The maximum Gasteiger partial charge on any atom is 0.359 e. The summed E-state index contributed by atoms with van der Waals surface area (Å²) in [5.74, 6) is -0.709. The van der Waals surface area contributed by atoms with Crippen molar-refractivity contribution in [2.24, 2.45) is 0 Å². The van der Waals surface area contributed by atoms with Crippen LogP contribution in [-0.2, 0) is 9.53 Å². The number of fused-ring (bicyclic) bond motifs is 1. The van der Waals surface area contributed by atoms with Crippen LogP contribution in [0.5, 0.6) is 0 Å². The molecular weight excluding hydrogens is 258 g/mol. The number of ether oxygens (including phenoxy) is 1. The Morgan fingerprint density at radius 1 is 1.40 bits per heavy atom. The Labute approximate surface area is 115 Å². The Hall–Kier alpha value is -2.63. The molecule has 2 rings (SSSR count). The maximum atomic E-state index is 11.8. The number of benzene rings is 1. The number of allylic oxidation sites excluding steroid dienone is 1. The van der Waals surface area contributed by atoms with Crippen LogP contribution in [0.2, 0.25) is 0 Å². The van der Waals surface area contributed by atoms with E-state index in [4.69, 9.17) is 0 Å². The van der Waals surface area contributed by atoms with Crippen molar-refractivity contribution in [2.75, 3.05) is 12.4 Å². The number of aromatic nitrogens is 2. The fraction of sp³-hybridized carbons (Fsp3) is 0.214. The van der Waals surface area contributed by atoms with Crippen molar-refractivity contribution in [3.8, 4) is 0 Å². The van der Waals surface area contributed by atoms with E-state index < -0.39 is 5.97 Å². The summed E-state index contributed by atoms with van der Waals surface area (Å²) in [6.07, 6.45) is 1.73. The second kappa shape index (κ2) is 5.56. The van der Waals surface area contributed by atoms with Gasteiger partial charge in [0.05, 0.1) is 12.6 Å². The Morgan fingerprint density at radius 2 is 2.15 bits per heavy atom. The lowest BCUT2D eigenvalue weighted by Gasteiger charge is -2.05. The minimum absolute atomic E-state index is 0.185. The number of anilines is 1. The molecule has 1 aromatic carbocycles. The molecule has 0 unspecified atom stereocenters. The predicted molar refractivity (Wildman–Crippen MR) is 75.5 cm³/mol. The summed E-state index contributed by atoms with van der Waals surface area (Å²) < 4.78 is 4.66. The van der Waals surface area contributed by atoms with Crippen LogP contribution in [0.1, 0.15) is 24.3 Å². The fourth-order valence-corrected chi connectivity index (χ4v) is 1.70. The van der Waals surface area contributed by atoms with Gasteiger partial charge in [0.25, 0.3) is 5.91 Å². The van der Waals surface area contributed by atoms with E-state index in [-0.39, 0.29) is 11.6 Å². The van der Waals surface area contributed by atoms with Crippen molar-refractivity contribution >= 4 is 28.5 Å². The van der Waals surface area contributed by atoms with E-state index in [1.165, 1.54) is 7.11 Å². The minimum atomic E-state index is -0.524. The molecule has 20 heavy (non-hydrogen) atoms. The number of amides is 1. The van der Waals surface area contributed by atoms with E-state index in [0.29, 0.717) is 22.2 Å². The van der Waals surface area contributed by atoms with E-state index in [2.05, 4.69) is 20.3 Å². The van der Waals surface area contributed by atoms with Gasteiger partial charge in [-0.25, -0.2) is 4.79 Å². The number of hydrogen-bond acceptors (Lipinski definition) is 4. The van der Waals surface area contributed by atoms with Crippen LogP contribution in [0.4, 0.5) is 5.69 Å². The average Bonchev–Trinajstić information content (AvgIpc) is 2.88. The highest BCUT2D eigenvalue weighted by molar-refractivity contribution is 6.06. The Kier molecular flexibility index (Phi) is 3.84. The summed E-state index contributed by atoms with van der Waals surface area (Å²) in [4.78, 5) is 23.4. The predicted octanol–water partition coefficient (Wildman–Crippen LogP) is 2.25. The van der Waals surface area contributed by atoms with Crippen LogP contribution in [-0.4, -0.2) is 29.2 Å². The molecule has 6 nitrogen and oxygen atoms in total. The molecule has 104 valence electrons. The summed E-state index contributed by atoms with van der Waals surface area (Å²) in [6, 6.07) is 5.17. The Morgan fingerprint density at radius 3 is 2.80 bits per heavy atom. The highest BCUT2D eigenvalue weighted by atomic mass is 16.5. The van der Waals surface area contributed by atoms with E-state index >= 15 is 0 Å². The van der Waals surface area contributed by atoms with Crippen molar-refractivity contribution in [3.05, 3.63) is 35.5 Å². The maximum absolute atomic E-state index is 11.8. The van der Waals surface area contributed by atoms with Gasteiger partial charge < -0.3 is 10.1 Å². The molecule has 0 aliphatic heterocycles. The number of hydrogen-bond donors (Lipinski definition) is 2. The first-order valence-corrected chi connectivity index (χ1v) is 6.07. The summed E-state index contributed by atoms with van der Waals surface area (Å²) in [5.41, 5.74) is 2.10. The van der Waals surface area contributed by atoms with Gasteiger partial charge in [-0.05, 0) is 32.0 Å². The number of carbonyl (C=O) groups is 2. The van der Waals surface area contributed by atoms with Gasteiger partial charge in [0.1, 0.15) is 0 Å². The summed E-state index contributed by atoms with van der Waals surface area (Å²) in [6.45, 7) is 3.52. The van der Waals surface area contributed by atoms with Crippen molar-refractivity contribution in [3.63, 3.8) is 0 Å². The van der Waals surface area contributed by atoms with Crippen LogP contribution in [0.15, 0.2) is 29.8 Å². The third kappa shape index (κ3) is 2.54. The topological polar surface area (TPSA) is 84.1 Å². The Bertz CT molecular complexity index is 701. The lowest BCUT2D eigenvalue weighted by Crippen LogP contribution is -2.12. The van der Waals surface area contributed by atoms with Gasteiger partial charge in [-0.3, -0.25) is 9.89 Å². The minimum Gasteiger partial charge on any atom is -0.464 e. The molecule has 0 spiro atoms. The highest BCUT2D eigenvalue weighted by Crippen LogP contribution is 2.21. The molecule has 0 saturated heterocycles. The average molecular weight is 273 g/mol. The molecule has 1 heterocycles. The smallest absolute Gasteiger partial charge is 0.359 e. The van der Waals surface area contributed by atoms with Crippen molar-refractivity contribution < 1.29 is 14.3 Å². The molecule has 1 aromatic heterocycles. The van der Waals surface area contributed by atoms with Gasteiger partial charge in [-0.2, -0.15) is 5.10 Å². The third-order valence-electron chi connectivity index (χ3n) is 2.99. The molecule has 0 saturated carbocycles.